The molecule has 0 aliphatic heterocycles. The van der Waals surface area contributed by atoms with Crippen molar-refractivity contribution < 1.29 is 14.5 Å². The van der Waals surface area contributed by atoms with Crippen LogP contribution in [0.15, 0.2) is 84.9 Å². The highest BCUT2D eigenvalue weighted by atomic mass is 16.6. The number of para-hydroxylation sites is 2. The van der Waals surface area contributed by atoms with Crippen molar-refractivity contribution in [2.24, 2.45) is 5.92 Å². The third kappa shape index (κ3) is 4.73. The summed E-state index contributed by atoms with van der Waals surface area (Å²) in [4.78, 5) is 23.2. The summed E-state index contributed by atoms with van der Waals surface area (Å²) >= 11 is 0. The monoisotopic (exact) mass is 376 g/mol. The summed E-state index contributed by atoms with van der Waals surface area (Å²) in [7, 11) is 0. The molecule has 0 amide bonds. The lowest BCUT2D eigenvalue weighted by Gasteiger charge is -2.25. The number of hydrogen-bond donors (Lipinski definition) is 1. The van der Waals surface area contributed by atoms with Crippen LogP contribution in [0, 0.1) is 16.0 Å². The summed E-state index contributed by atoms with van der Waals surface area (Å²) in [6.07, 6.45) is 0. The summed E-state index contributed by atoms with van der Waals surface area (Å²) in [6, 6.07) is 24.1. The van der Waals surface area contributed by atoms with Gasteiger partial charge in [-0.05, 0) is 36.8 Å². The van der Waals surface area contributed by atoms with E-state index in [4.69, 9.17) is 4.74 Å². The topological polar surface area (TPSA) is 81.5 Å². The van der Waals surface area contributed by atoms with E-state index in [0.717, 1.165) is 11.3 Å². The number of nitro groups is 1. The highest BCUT2D eigenvalue weighted by Gasteiger charge is 2.28. The fourth-order valence-electron chi connectivity index (χ4n) is 2.85. The van der Waals surface area contributed by atoms with Gasteiger partial charge >= 0.3 is 5.97 Å². The third-order valence-corrected chi connectivity index (χ3v) is 4.39. The maximum atomic E-state index is 12.7. The van der Waals surface area contributed by atoms with Crippen LogP contribution >= 0.6 is 0 Å². The fraction of sp³-hybridized carbons (Fsp3) is 0.136. The van der Waals surface area contributed by atoms with Gasteiger partial charge in [0.2, 0.25) is 0 Å². The van der Waals surface area contributed by atoms with Gasteiger partial charge in [0.25, 0.3) is 5.69 Å². The van der Waals surface area contributed by atoms with E-state index in [-0.39, 0.29) is 5.69 Å². The van der Waals surface area contributed by atoms with Gasteiger partial charge in [-0.2, -0.15) is 0 Å². The van der Waals surface area contributed by atoms with Gasteiger partial charge in [-0.3, -0.25) is 14.9 Å². The maximum absolute atomic E-state index is 12.7. The lowest BCUT2D eigenvalue weighted by molar-refractivity contribution is -0.384. The standard InChI is InChI=1S/C22H20N2O4/c1-16(22(25)28-20-10-6-3-7-11-20)21(23-18-8-4-2-5-9-18)17-12-14-19(15-13-17)24(26)27/h2-16,21,23H,1H3/t16-,21-/m1/s1. The SMILES string of the molecule is C[C@@H](C(=O)Oc1ccccc1)[C@@H](Nc1ccccc1)c1ccc([N+](=O)[O-])cc1. The molecule has 0 saturated heterocycles. The molecule has 0 aliphatic carbocycles. The van der Waals surface area contributed by atoms with Crippen molar-refractivity contribution in [1.82, 2.24) is 0 Å². The first-order valence-electron chi connectivity index (χ1n) is 8.87. The zero-order chi connectivity index (χ0) is 19.9. The van der Waals surface area contributed by atoms with Gasteiger partial charge < -0.3 is 10.1 Å². The second-order valence-electron chi connectivity index (χ2n) is 6.36. The number of nitrogens with zero attached hydrogens (tertiary/aromatic N) is 1. The number of ether oxygens (including phenoxy) is 1. The highest BCUT2D eigenvalue weighted by Crippen LogP contribution is 2.29. The zero-order valence-corrected chi connectivity index (χ0v) is 15.3. The molecule has 0 aliphatic rings. The number of esters is 1. The maximum Gasteiger partial charge on any atom is 0.316 e. The Bertz CT molecular complexity index is 928. The smallest absolute Gasteiger partial charge is 0.316 e. The number of carbonyl (C=O) groups is 1. The molecule has 2 atom stereocenters. The molecule has 0 unspecified atom stereocenters. The molecule has 3 aromatic carbocycles. The van der Waals surface area contributed by atoms with E-state index in [0.29, 0.717) is 5.75 Å². The Morgan fingerprint density at radius 3 is 2.07 bits per heavy atom. The second-order valence-corrected chi connectivity index (χ2v) is 6.36. The van der Waals surface area contributed by atoms with E-state index in [9.17, 15) is 14.9 Å². The van der Waals surface area contributed by atoms with Crippen LogP contribution in [0.5, 0.6) is 5.75 Å². The van der Waals surface area contributed by atoms with E-state index >= 15 is 0 Å². The predicted molar refractivity (Wildman–Crippen MR) is 107 cm³/mol. The first kappa shape index (κ1) is 19.1. The van der Waals surface area contributed by atoms with Crippen LogP contribution in [0.1, 0.15) is 18.5 Å². The molecular formula is C22H20N2O4. The molecule has 0 aromatic heterocycles. The Hall–Kier alpha value is -3.67. The van der Waals surface area contributed by atoms with Gasteiger partial charge in [-0.25, -0.2) is 0 Å². The van der Waals surface area contributed by atoms with E-state index in [1.165, 1.54) is 12.1 Å². The number of hydrogen-bond acceptors (Lipinski definition) is 5. The van der Waals surface area contributed by atoms with Crippen LogP contribution in [0.4, 0.5) is 11.4 Å². The third-order valence-electron chi connectivity index (χ3n) is 4.39. The molecule has 3 aromatic rings. The highest BCUT2D eigenvalue weighted by molar-refractivity contribution is 5.76. The predicted octanol–water partition coefficient (Wildman–Crippen LogP) is 4.99. The zero-order valence-electron chi connectivity index (χ0n) is 15.3. The molecule has 3 rings (SSSR count). The molecule has 0 fully saturated rings. The summed E-state index contributed by atoms with van der Waals surface area (Å²) in [5.41, 5.74) is 1.60. The van der Waals surface area contributed by atoms with Gasteiger partial charge in [-0.1, -0.05) is 48.5 Å². The van der Waals surface area contributed by atoms with Crippen molar-refractivity contribution in [1.29, 1.82) is 0 Å². The molecule has 0 spiro atoms. The molecule has 0 saturated carbocycles. The van der Waals surface area contributed by atoms with E-state index in [1.807, 2.05) is 36.4 Å². The number of nitrogens with one attached hydrogen (secondary N) is 1. The first-order valence-corrected chi connectivity index (χ1v) is 8.87. The largest absolute Gasteiger partial charge is 0.426 e. The van der Waals surface area contributed by atoms with Crippen molar-refractivity contribution in [2.45, 2.75) is 13.0 Å². The van der Waals surface area contributed by atoms with Gasteiger partial charge in [0, 0.05) is 17.8 Å². The summed E-state index contributed by atoms with van der Waals surface area (Å²) in [6.45, 7) is 1.77. The Morgan fingerprint density at radius 1 is 0.929 bits per heavy atom. The van der Waals surface area contributed by atoms with Crippen LogP contribution in [-0.2, 0) is 4.79 Å². The number of carbonyl (C=O) groups excluding carboxylic acids is 1. The first-order chi connectivity index (χ1) is 13.5. The Labute approximate surface area is 162 Å². The van der Waals surface area contributed by atoms with E-state index in [1.54, 1.807) is 43.3 Å². The van der Waals surface area contributed by atoms with Crippen LogP contribution < -0.4 is 10.1 Å². The molecule has 6 heteroatoms. The van der Waals surface area contributed by atoms with Crippen LogP contribution in [0.3, 0.4) is 0 Å². The lowest BCUT2D eigenvalue weighted by Crippen LogP contribution is -2.28. The van der Waals surface area contributed by atoms with E-state index < -0.39 is 22.9 Å². The number of rotatable bonds is 7. The minimum atomic E-state index is -0.540. The minimum absolute atomic E-state index is 0.00160. The normalized spacial score (nSPS) is 12.6. The Balaban J connectivity index is 1.86. The molecule has 142 valence electrons. The van der Waals surface area contributed by atoms with Crippen LogP contribution in [0.25, 0.3) is 0 Å². The van der Waals surface area contributed by atoms with Gasteiger partial charge in [0.1, 0.15) is 5.75 Å². The van der Waals surface area contributed by atoms with E-state index in [2.05, 4.69) is 5.32 Å². The Morgan fingerprint density at radius 2 is 1.50 bits per heavy atom. The Kier molecular flexibility index (Phi) is 6.01. The van der Waals surface area contributed by atoms with Crippen molar-refractivity contribution in [3.63, 3.8) is 0 Å². The number of non-ortho nitro benzene ring substituents is 1. The quantitative estimate of drug-likeness (QED) is 0.272. The summed E-state index contributed by atoms with van der Waals surface area (Å²) < 4.78 is 5.49. The van der Waals surface area contributed by atoms with Gasteiger partial charge in [0.05, 0.1) is 16.9 Å². The fourth-order valence-corrected chi connectivity index (χ4v) is 2.85. The van der Waals surface area contributed by atoms with Gasteiger partial charge in [-0.15, -0.1) is 0 Å². The van der Waals surface area contributed by atoms with Crippen molar-refractivity contribution in [2.75, 3.05) is 5.32 Å². The van der Waals surface area contributed by atoms with Gasteiger partial charge in [0.15, 0.2) is 0 Å². The second kappa shape index (κ2) is 8.81. The summed E-state index contributed by atoms with van der Waals surface area (Å²) in [5.74, 6) is -0.457. The molecule has 28 heavy (non-hydrogen) atoms. The molecule has 0 radical (unpaired) electrons. The summed E-state index contributed by atoms with van der Waals surface area (Å²) in [5, 5.41) is 14.3. The molecule has 0 heterocycles. The number of nitro benzene ring substituents is 1. The average Bonchev–Trinajstić information content (AvgIpc) is 2.73. The van der Waals surface area contributed by atoms with Crippen molar-refractivity contribution in [3.8, 4) is 5.75 Å². The molecule has 1 N–H and O–H groups in total. The number of benzene rings is 3. The molecule has 0 bridgehead atoms. The number of anilines is 1. The van der Waals surface area contributed by atoms with Crippen LogP contribution in [0.2, 0.25) is 0 Å². The minimum Gasteiger partial charge on any atom is -0.426 e. The van der Waals surface area contributed by atoms with Crippen molar-refractivity contribution in [3.05, 3.63) is 101 Å². The van der Waals surface area contributed by atoms with Crippen LogP contribution in [-0.4, -0.2) is 10.9 Å². The molecular weight excluding hydrogens is 356 g/mol. The average molecular weight is 376 g/mol. The van der Waals surface area contributed by atoms with Crippen molar-refractivity contribution >= 4 is 17.3 Å². The molecule has 6 nitrogen and oxygen atoms in total. The lowest BCUT2D eigenvalue weighted by atomic mass is 9.94.